The first-order chi connectivity index (χ1) is 14.9. The molecule has 0 saturated heterocycles. The number of carbonyl (C=O) groups excluding carboxylic acids is 1. The first-order valence-electron chi connectivity index (χ1n) is 10.1. The summed E-state index contributed by atoms with van der Waals surface area (Å²) in [4.78, 5) is 19.0. The lowest BCUT2D eigenvalue weighted by Gasteiger charge is -2.21. The van der Waals surface area contributed by atoms with E-state index in [-0.39, 0.29) is 11.4 Å². The number of pyridine rings is 1. The number of benzene rings is 2. The fourth-order valence-electron chi connectivity index (χ4n) is 3.13. The molecule has 0 radical (unpaired) electrons. The van der Waals surface area contributed by atoms with Gasteiger partial charge in [-0.25, -0.2) is 0 Å². The maximum absolute atomic E-state index is 12.7. The Balaban J connectivity index is 1.57. The number of nitrogens with zero attached hydrogens (tertiary/aromatic N) is 2. The van der Waals surface area contributed by atoms with Gasteiger partial charge in [-0.3, -0.25) is 14.9 Å². The Hall–Kier alpha value is -3.38. The summed E-state index contributed by atoms with van der Waals surface area (Å²) in [6.45, 7) is 5.94. The van der Waals surface area contributed by atoms with E-state index in [0.717, 1.165) is 32.1 Å². The van der Waals surface area contributed by atoms with Crippen molar-refractivity contribution < 1.29 is 4.79 Å². The molecule has 2 aromatic carbocycles. The van der Waals surface area contributed by atoms with Crippen LogP contribution in [0.3, 0.4) is 0 Å². The van der Waals surface area contributed by atoms with Crippen LogP contribution < -0.4 is 5.32 Å². The first-order valence-corrected chi connectivity index (χ1v) is 10.9. The molecule has 2 aromatic heterocycles. The van der Waals surface area contributed by atoms with Gasteiger partial charge in [-0.2, -0.15) is 5.10 Å². The molecule has 4 aromatic rings. The summed E-state index contributed by atoms with van der Waals surface area (Å²) in [6.07, 6.45) is 5.67. The predicted molar refractivity (Wildman–Crippen MR) is 127 cm³/mol. The second-order valence-electron chi connectivity index (χ2n) is 8.21. The molecule has 0 aliphatic heterocycles. The smallest absolute Gasteiger partial charge is 0.252 e. The Kier molecular flexibility index (Phi) is 5.91. The second kappa shape index (κ2) is 8.78. The molecular weight excluding hydrogens is 404 g/mol. The lowest BCUT2D eigenvalue weighted by molar-refractivity contribution is 0.0916. The number of fused-ring (bicyclic) bond motifs is 1. The molecule has 0 aliphatic carbocycles. The van der Waals surface area contributed by atoms with E-state index in [1.165, 1.54) is 0 Å². The van der Waals surface area contributed by atoms with Crippen LogP contribution >= 0.6 is 11.8 Å². The lowest BCUT2D eigenvalue weighted by atomic mass is 10.1. The van der Waals surface area contributed by atoms with Crippen LogP contribution in [0.15, 0.2) is 76.7 Å². The van der Waals surface area contributed by atoms with Gasteiger partial charge in [-0.15, -0.1) is 0 Å². The number of H-pyrrole nitrogens is 1. The number of hydrogen-bond donors (Lipinski definition) is 2. The van der Waals surface area contributed by atoms with Crippen molar-refractivity contribution in [2.24, 2.45) is 0 Å². The van der Waals surface area contributed by atoms with Crippen molar-refractivity contribution in [3.05, 3.63) is 83.8 Å². The molecular formula is C25H24N4OS. The Morgan fingerprint density at radius 2 is 1.84 bits per heavy atom. The van der Waals surface area contributed by atoms with Gasteiger partial charge in [0.2, 0.25) is 0 Å². The summed E-state index contributed by atoms with van der Waals surface area (Å²) in [7, 11) is 0. The molecule has 31 heavy (non-hydrogen) atoms. The first kappa shape index (κ1) is 20.9. The molecule has 2 heterocycles. The molecule has 5 nitrogen and oxygen atoms in total. The summed E-state index contributed by atoms with van der Waals surface area (Å²) in [5.74, 6) is -0.0693. The van der Waals surface area contributed by atoms with Crippen LogP contribution in [0.4, 0.5) is 0 Å². The molecule has 4 rings (SSSR count). The molecule has 0 saturated carbocycles. The van der Waals surface area contributed by atoms with Gasteiger partial charge in [-0.1, -0.05) is 30.0 Å². The van der Waals surface area contributed by atoms with Crippen LogP contribution in [-0.4, -0.2) is 26.6 Å². The molecule has 0 fully saturated rings. The largest absolute Gasteiger partial charge is 0.347 e. The lowest BCUT2D eigenvalue weighted by Crippen LogP contribution is -2.40. The van der Waals surface area contributed by atoms with Crippen molar-refractivity contribution >= 4 is 40.7 Å². The zero-order valence-corrected chi connectivity index (χ0v) is 18.5. The van der Waals surface area contributed by atoms with Crippen molar-refractivity contribution in [2.45, 2.75) is 36.1 Å². The van der Waals surface area contributed by atoms with Crippen LogP contribution in [0, 0.1) is 0 Å². The van der Waals surface area contributed by atoms with Crippen molar-refractivity contribution in [3.8, 4) is 0 Å². The van der Waals surface area contributed by atoms with Crippen LogP contribution in [0.1, 0.15) is 42.5 Å². The van der Waals surface area contributed by atoms with E-state index in [0.29, 0.717) is 5.56 Å². The third-order valence-electron chi connectivity index (χ3n) is 4.51. The number of carbonyl (C=O) groups is 1. The SMILES string of the molecule is CC(C)(C)NC(=O)c1ccccc1Sc1ccc2c(/C=C/c3ccccn3)n[nH]c2c1. The van der Waals surface area contributed by atoms with Crippen molar-refractivity contribution in [2.75, 3.05) is 0 Å². The Bertz CT molecular complexity index is 1240. The van der Waals surface area contributed by atoms with Gasteiger partial charge in [0.15, 0.2) is 0 Å². The highest BCUT2D eigenvalue weighted by Gasteiger charge is 2.18. The highest BCUT2D eigenvalue weighted by atomic mass is 32.2. The topological polar surface area (TPSA) is 70.7 Å². The van der Waals surface area contributed by atoms with Crippen LogP contribution in [0.2, 0.25) is 0 Å². The fraction of sp³-hybridized carbons (Fsp3) is 0.160. The summed E-state index contributed by atoms with van der Waals surface area (Å²) in [5.41, 5.74) is 3.08. The Labute approximate surface area is 186 Å². The summed E-state index contributed by atoms with van der Waals surface area (Å²) >= 11 is 1.57. The van der Waals surface area contributed by atoms with Gasteiger partial charge in [0.25, 0.3) is 5.91 Å². The zero-order valence-electron chi connectivity index (χ0n) is 17.7. The van der Waals surface area contributed by atoms with Crippen LogP contribution in [0.5, 0.6) is 0 Å². The molecule has 0 atom stereocenters. The van der Waals surface area contributed by atoms with E-state index in [1.54, 1.807) is 18.0 Å². The predicted octanol–water partition coefficient (Wildman–Crippen LogP) is 5.81. The number of aromatic nitrogens is 3. The number of nitrogens with one attached hydrogen (secondary N) is 2. The van der Waals surface area contributed by atoms with Crippen molar-refractivity contribution in [1.29, 1.82) is 0 Å². The van der Waals surface area contributed by atoms with Gasteiger partial charge >= 0.3 is 0 Å². The highest BCUT2D eigenvalue weighted by molar-refractivity contribution is 7.99. The molecule has 6 heteroatoms. The second-order valence-corrected chi connectivity index (χ2v) is 9.32. The fourth-order valence-corrected chi connectivity index (χ4v) is 4.11. The molecule has 0 aliphatic rings. The molecule has 1 amide bonds. The average molecular weight is 429 g/mol. The van der Waals surface area contributed by atoms with E-state index >= 15 is 0 Å². The van der Waals surface area contributed by atoms with Gasteiger partial charge in [-0.05, 0) is 75.4 Å². The third kappa shape index (κ3) is 5.22. The summed E-state index contributed by atoms with van der Waals surface area (Å²) in [6, 6.07) is 19.6. The minimum atomic E-state index is -0.289. The summed E-state index contributed by atoms with van der Waals surface area (Å²) < 4.78 is 0. The Morgan fingerprint density at radius 3 is 2.61 bits per heavy atom. The molecule has 156 valence electrons. The minimum absolute atomic E-state index is 0.0693. The molecule has 0 spiro atoms. The quantitative estimate of drug-likeness (QED) is 0.421. The van der Waals surface area contributed by atoms with Gasteiger partial charge in [0, 0.05) is 26.9 Å². The number of hydrogen-bond acceptors (Lipinski definition) is 4. The van der Waals surface area contributed by atoms with Gasteiger partial charge in [0.05, 0.1) is 22.5 Å². The van der Waals surface area contributed by atoms with Gasteiger partial charge < -0.3 is 5.32 Å². The number of aromatic amines is 1. The maximum atomic E-state index is 12.7. The maximum Gasteiger partial charge on any atom is 0.252 e. The van der Waals surface area contributed by atoms with E-state index in [4.69, 9.17) is 0 Å². The number of amides is 1. The zero-order chi connectivity index (χ0) is 21.8. The van der Waals surface area contributed by atoms with Crippen LogP contribution in [-0.2, 0) is 0 Å². The highest BCUT2D eigenvalue weighted by Crippen LogP contribution is 2.33. The van der Waals surface area contributed by atoms with Gasteiger partial charge in [0.1, 0.15) is 0 Å². The third-order valence-corrected chi connectivity index (χ3v) is 5.58. The molecule has 2 N–H and O–H groups in total. The summed E-state index contributed by atoms with van der Waals surface area (Å²) in [5, 5.41) is 11.6. The monoisotopic (exact) mass is 428 g/mol. The normalized spacial score (nSPS) is 11.8. The van der Waals surface area contributed by atoms with Crippen molar-refractivity contribution in [1.82, 2.24) is 20.5 Å². The van der Waals surface area contributed by atoms with Crippen molar-refractivity contribution in [3.63, 3.8) is 0 Å². The molecule has 0 unspecified atom stereocenters. The molecule has 0 bridgehead atoms. The van der Waals surface area contributed by atoms with Crippen LogP contribution in [0.25, 0.3) is 23.1 Å². The minimum Gasteiger partial charge on any atom is -0.347 e. The Morgan fingerprint density at radius 1 is 1.03 bits per heavy atom. The average Bonchev–Trinajstić information content (AvgIpc) is 3.14. The van der Waals surface area contributed by atoms with E-state index in [2.05, 4.69) is 38.7 Å². The van der Waals surface area contributed by atoms with E-state index in [1.807, 2.05) is 75.4 Å². The van der Waals surface area contributed by atoms with E-state index < -0.39 is 0 Å². The standard InChI is InChI=1S/C25H24N4OS/c1-25(2,3)27-24(30)20-9-4-5-10-23(20)31-18-12-13-19-21(28-29-22(19)16-18)14-11-17-8-6-7-15-26-17/h4-16H,1-3H3,(H,27,30)(H,28,29)/b14-11+. The van der Waals surface area contributed by atoms with E-state index in [9.17, 15) is 4.79 Å². The number of rotatable bonds is 5.